The van der Waals surface area contributed by atoms with Gasteiger partial charge in [0.25, 0.3) is 0 Å². The van der Waals surface area contributed by atoms with Gasteiger partial charge >= 0.3 is 0 Å². The molecule has 1 aromatic rings. The van der Waals surface area contributed by atoms with E-state index in [1.54, 1.807) is 0 Å². The maximum absolute atomic E-state index is 9.56. The van der Waals surface area contributed by atoms with Crippen molar-refractivity contribution in [1.82, 2.24) is 0 Å². The van der Waals surface area contributed by atoms with Gasteiger partial charge < -0.3 is 29.9 Å². The van der Waals surface area contributed by atoms with Crippen molar-refractivity contribution < 1.29 is 29.9 Å². The van der Waals surface area contributed by atoms with Crippen LogP contribution in [0.4, 0.5) is 0 Å². The van der Waals surface area contributed by atoms with Crippen molar-refractivity contribution in [3.05, 3.63) is 47.2 Å². The first kappa shape index (κ1) is 21.4. The van der Waals surface area contributed by atoms with Crippen molar-refractivity contribution in [2.45, 2.75) is 39.4 Å². The molecular weight excluding hydrogens is 348 g/mol. The van der Waals surface area contributed by atoms with E-state index in [2.05, 4.69) is 19.9 Å². The smallest absolute Gasteiger partial charge is 0.122 e. The quantitative estimate of drug-likeness (QED) is 0.523. The second-order valence-corrected chi connectivity index (χ2v) is 7.53. The highest BCUT2D eigenvalue weighted by molar-refractivity contribution is 5.76. The molecule has 0 spiro atoms. The van der Waals surface area contributed by atoms with Gasteiger partial charge in [-0.3, -0.25) is 0 Å². The molecule has 4 N–H and O–H groups in total. The molecule has 2 atom stereocenters. The summed E-state index contributed by atoms with van der Waals surface area (Å²) in [7, 11) is 0. The number of rotatable bonds is 9. The molecule has 6 heteroatoms. The summed E-state index contributed by atoms with van der Waals surface area (Å²) in [6.45, 7) is 5.44. The minimum absolute atomic E-state index is 0.0239. The normalized spacial score (nSPS) is 18.3. The van der Waals surface area contributed by atoms with Crippen LogP contribution in [-0.2, 0) is 4.74 Å². The fourth-order valence-electron chi connectivity index (χ4n) is 2.71. The molecule has 1 aromatic carbocycles. The van der Waals surface area contributed by atoms with Crippen LogP contribution in [0.3, 0.4) is 0 Å². The molecule has 0 aromatic heterocycles. The highest BCUT2D eigenvalue weighted by Crippen LogP contribution is 2.39. The van der Waals surface area contributed by atoms with Crippen LogP contribution in [0.1, 0.15) is 31.4 Å². The number of allylic oxidation sites excluding steroid dienone is 4. The molecule has 6 nitrogen and oxygen atoms in total. The third kappa shape index (κ3) is 5.81. The van der Waals surface area contributed by atoms with E-state index in [0.717, 1.165) is 28.9 Å². The fourth-order valence-corrected chi connectivity index (χ4v) is 2.71. The van der Waals surface area contributed by atoms with E-state index >= 15 is 0 Å². The Kier molecular flexibility index (Phi) is 7.44. The van der Waals surface area contributed by atoms with Gasteiger partial charge in [-0.1, -0.05) is 32.1 Å². The maximum Gasteiger partial charge on any atom is 0.122 e. The zero-order valence-corrected chi connectivity index (χ0v) is 16.2. The summed E-state index contributed by atoms with van der Waals surface area (Å²) < 4.78 is 11.4. The number of ether oxygens (including phenoxy) is 2. The number of hydrogen-bond acceptors (Lipinski definition) is 6. The van der Waals surface area contributed by atoms with Gasteiger partial charge in [0.1, 0.15) is 36.9 Å². The van der Waals surface area contributed by atoms with Crippen LogP contribution in [0.2, 0.25) is 0 Å². The molecule has 1 aliphatic carbocycles. The Bertz CT molecular complexity index is 692. The summed E-state index contributed by atoms with van der Waals surface area (Å²) in [6.07, 6.45) is 3.03. The van der Waals surface area contributed by atoms with Crippen molar-refractivity contribution in [3.8, 4) is 5.75 Å². The molecule has 0 saturated heterocycles. The molecular formula is C21H30O6. The largest absolute Gasteiger partial charge is 0.495 e. The molecule has 0 radical (unpaired) electrons. The van der Waals surface area contributed by atoms with Crippen LogP contribution in [0.5, 0.6) is 5.75 Å². The van der Waals surface area contributed by atoms with E-state index in [9.17, 15) is 10.2 Å². The standard InChI is InChI=1S/C21H30O6/c1-14-4-5-15(8-19(14)26-12-17(24)10-22)16-6-7-21(2,3)20(9-16)27-13-18(25)11-23/h4-6,8-9,17-18,22-25H,7,10-13H2,1-3H3. The Hall–Kier alpha value is -1.86. The lowest BCUT2D eigenvalue weighted by Gasteiger charge is -2.31. The Balaban J connectivity index is 2.21. The van der Waals surface area contributed by atoms with Crippen LogP contribution in [0.25, 0.3) is 5.57 Å². The van der Waals surface area contributed by atoms with Crippen LogP contribution >= 0.6 is 0 Å². The van der Waals surface area contributed by atoms with Crippen molar-refractivity contribution in [2.24, 2.45) is 5.41 Å². The highest BCUT2D eigenvalue weighted by atomic mass is 16.5. The third-order valence-corrected chi connectivity index (χ3v) is 4.59. The molecule has 2 unspecified atom stereocenters. The lowest BCUT2D eigenvalue weighted by molar-refractivity contribution is 0.0163. The van der Waals surface area contributed by atoms with Crippen LogP contribution < -0.4 is 4.74 Å². The second-order valence-electron chi connectivity index (χ2n) is 7.53. The zero-order chi connectivity index (χ0) is 20.0. The summed E-state index contributed by atoms with van der Waals surface area (Å²) in [5, 5.41) is 37.0. The zero-order valence-electron chi connectivity index (χ0n) is 16.2. The van der Waals surface area contributed by atoms with E-state index in [0.29, 0.717) is 5.75 Å². The molecule has 0 fully saturated rings. The van der Waals surface area contributed by atoms with Crippen LogP contribution in [-0.4, -0.2) is 59.1 Å². The second kappa shape index (κ2) is 9.37. The van der Waals surface area contributed by atoms with E-state index in [1.807, 2.05) is 31.2 Å². The van der Waals surface area contributed by atoms with Crippen molar-refractivity contribution in [1.29, 1.82) is 0 Å². The van der Waals surface area contributed by atoms with Gasteiger partial charge in [-0.2, -0.15) is 0 Å². The Morgan fingerprint density at radius 2 is 1.67 bits per heavy atom. The molecule has 27 heavy (non-hydrogen) atoms. The summed E-state index contributed by atoms with van der Waals surface area (Å²) in [5.74, 6) is 1.41. The third-order valence-electron chi connectivity index (χ3n) is 4.59. The highest BCUT2D eigenvalue weighted by Gasteiger charge is 2.28. The topological polar surface area (TPSA) is 99.4 Å². The minimum Gasteiger partial charge on any atom is -0.495 e. The van der Waals surface area contributed by atoms with Gasteiger partial charge in [0.15, 0.2) is 0 Å². The minimum atomic E-state index is -0.916. The van der Waals surface area contributed by atoms with Crippen LogP contribution in [0.15, 0.2) is 36.1 Å². The van der Waals surface area contributed by atoms with Gasteiger partial charge in [-0.15, -0.1) is 0 Å². The first-order valence-electron chi connectivity index (χ1n) is 9.13. The summed E-state index contributed by atoms with van der Waals surface area (Å²) in [4.78, 5) is 0. The van der Waals surface area contributed by atoms with Crippen molar-refractivity contribution in [2.75, 3.05) is 26.4 Å². The van der Waals surface area contributed by atoms with Gasteiger partial charge in [-0.05, 0) is 42.2 Å². The predicted octanol–water partition coefficient (Wildman–Crippen LogP) is 1.79. The van der Waals surface area contributed by atoms with Crippen molar-refractivity contribution >= 4 is 5.57 Å². The summed E-state index contributed by atoms with van der Waals surface area (Å²) >= 11 is 0. The molecule has 0 heterocycles. The first-order chi connectivity index (χ1) is 12.8. The van der Waals surface area contributed by atoms with Gasteiger partial charge in [-0.25, -0.2) is 0 Å². The van der Waals surface area contributed by atoms with Gasteiger partial charge in [0.2, 0.25) is 0 Å². The average Bonchev–Trinajstić information content (AvgIpc) is 2.65. The Morgan fingerprint density at radius 1 is 1.04 bits per heavy atom. The molecule has 0 amide bonds. The van der Waals surface area contributed by atoms with Gasteiger partial charge in [0, 0.05) is 5.41 Å². The predicted molar refractivity (Wildman–Crippen MR) is 103 cm³/mol. The van der Waals surface area contributed by atoms with E-state index < -0.39 is 12.2 Å². The van der Waals surface area contributed by atoms with Crippen LogP contribution in [0, 0.1) is 12.3 Å². The molecule has 1 aliphatic rings. The first-order valence-corrected chi connectivity index (χ1v) is 9.13. The van der Waals surface area contributed by atoms with E-state index in [1.165, 1.54) is 0 Å². The Morgan fingerprint density at radius 3 is 2.30 bits per heavy atom. The average molecular weight is 378 g/mol. The molecule has 0 aliphatic heterocycles. The molecule has 2 rings (SSSR count). The van der Waals surface area contributed by atoms with E-state index in [4.69, 9.17) is 19.7 Å². The lowest BCUT2D eigenvalue weighted by Crippen LogP contribution is -2.25. The monoisotopic (exact) mass is 378 g/mol. The summed E-state index contributed by atoms with van der Waals surface area (Å²) in [5.41, 5.74) is 2.67. The number of aliphatic hydroxyl groups is 4. The number of hydrogen-bond donors (Lipinski definition) is 4. The molecule has 150 valence electrons. The van der Waals surface area contributed by atoms with Gasteiger partial charge in [0.05, 0.1) is 13.2 Å². The maximum atomic E-state index is 9.56. The number of aryl methyl sites for hydroxylation is 1. The molecule has 0 saturated carbocycles. The Labute approximate surface area is 160 Å². The van der Waals surface area contributed by atoms with E-state index in [-0.39, 0.29) is 31.8 Å². The molecule has 0 bridgehead atoms. The summed E-state index contributed by atoms with van der Waals surface area (Å²) in [6, 6.07) is 5.84. The lowest BCUT2D eigenvalue weighted by atomic mass is 9.80. The fraction of sp³-hybridized carbons (Fsp3) is 0.524. The number of benzene rings is 1. The van der Waals surface area contributed by atoms with Crippen molar-refractivity contribution in [3.63, 3.8) is 0 Å². The SMILES string of the molecule is Cc1ccc(C2=CCC(C)(C)C(OCC(O)CO)=C2)cc1OCC(O)CO. The number of aliphatic hydroxyl groups excluding tert-OH is 4.